The molecule has 1 N–H and O–H groups in total. The summed E-state index contributed by atoms with van der Waals surface area (Å²) in [5.74, 6) is 1.51. The molecule has 4 heteroatoms. The molecule has 0 saturated heterocycles. The Morgan fingerprint density at radius 1 is 1.35 bits per heavy atom. The third-order valence-corrected chi connectivity index (χ3v) is 3.28. The van der Waals surface area contributed by atoms with E-state index in [0.717, 1.165) is 21.6 Å². The lowest BCUT2D eigenvalue weighted by atomic mass is 10.2. The van der Waals surface area contributed by atoms with E-state index in [1.807, 2.05) is 30.3 Å². The van der Waals surface area contributed by atoms with Gasteiger partial charge < -0.3 is 9.52 Å². The molecule has 0 amide bonds. The monoisotopic (exact) mass is 314 g/mol. The number of benzene rings is 1. The van der Waals surface area contributed by atoms with E-state index in [1.54, 1.807) is 6.92 Å². The van der Waals surface area contributed by atoms with Crippen molar-refractivity contribution in [1.29, 1.82) is 0 Å². The Labute approximate surface area is 113 Å². The van der Waals surface area contributed by atoms with E-state index in [9.17, 15) is 5.11 Å². The summed E-state index contributed by atoms with van der Waals surface area (Å²) in [5, 5.41) is 9.96. The number of aliphatic hydroxyl groups excluding tert-OH is 1. The van der Waals surface area contributed by atoms with Crippen molar-refractivity contribution in [3.63, 3.8) is 0 Å². The zero-order valence-corrected chi connectivity index (χ0v) is 11.6. The Balaban J connectivity index is 2.33. The Morgan fingerprint density at radius 2 is 2.12 bits per heavy atom. The summed E-state index contributed by atoms with van der Waals surface area (Å²) in [6.07, 6.45) is 0.106. The first-order valence-electron chi connectivity index (χ1n) is 5.28. The molecule has 90 valence electrons. The molecule has 0 aliphatic rings. The van der Waals surface area contributed by atoms with Gasteiger partial charge in [-0.05, 0) is 37.3 Å². The highest BCUT2D eigenvalue weighted by Crippen LogP contribution is 2.32. The second kappa shape index (κ2) is 5.25. The molecule has 2 aromatic rings. The Kier molecular flexibility index (Phi) is 3.92. The minimum atomic E-state index is -0.406. The number of hydrogen-bond acceptors (Lipinski definition) is 2. The lowest BCUT2D eigenvalue weighted by Crippen LogP contribution is -2.02. The second-order valence-corrected chi connectivity index (χ2v) is 5.23. The average Bonchev–Trinajstić information content (AvgIpc) is 2.69. The first-order valence-corrected chi connectivity index (χ1v) is 6.45. The predicted molar refractivity (Wildman–Crippen MR) is 72.2 cm³/mol. The van der Waals surface area contributed by atoms with Crippen LogP contribution in [-0.4, -0.2) is 11.2 Å². The number of halogens is 2. The van der Waals surface area contributed by atoms with Crippen LogP contribution in [0.5, 0.6) is 0 Å². The van der Waals surface area contributed by atoms with Crippen LogP contribution in [0.3, 0.4) is 0 Å². The number of aliphatic hydroxyl groups is 1. The van der Waals surface area contributed by atoms with Crippen LogP contribution in [0, 0.1) is 0 Å². The van der Waals surface area contributed by atoms with Crippen LogP contribution < -0.4 is 0 Å². The lowest BCUT2D eigenvalue weighted by molar-refractivity contribution is 0.187. The maximum absolute atomic E-state index is 9.29. The van der Waals surface area contributed by atoms with Gasteiger partial charge in [-0.3, -0.25) is 0 Å². The standard InChI is InChI=1S/C13H12BrClO2/c1-8(16)6-10-3-5-13(17-10)11-7-9(15)2-4-12(11)14/h2-5,7-8,16H,6H2,1H3. The minimum absolute atomic E-state index is 0.406. The predicted octanol–water partition coefficient (Wildman–Crippen LogP) is 4.29. The highest BCUT2D eigenvalue weighted by atomic mass is 79.9. The SMILES string of the molecule is CC(O)Cc1ccc(-c2cc(Cl)ccc2Br)o1. The van der Waals surface area contributed by atoms with E-state index in [2.05, 4.69) is 15.9 Å². The first kappa shape index (κ1) is 12.7. The van der Waals surface area contributed by atoms with Crippen LogP contribution in [0.4, 0.5) is 0 Å². The summed E-state index contributed by atoms with van der Waals surface area (Å²) in [5.41, 5.74) is 0.911. The Hall–Kier alpha value is -0.770. The van der Waals surface area contributed by atoms with Crippen molar-refractivity contribution in [1.82, 2.24) is 0 Å². The van der Waals surface area contributed by atoms with Gasteiger partial charge in [-0.15, -0.1) is 0 Å². The van der Waals surface area contributed by atoms with E-state index in [4.69, 9.17) is 16.0 Å². The molecule has 17 heavy (non-hydrogen) atoms. The summed E-state index contributed by atoms with van der Waals surface area (Å²) in [4.78, 5) is 0. The van der Waals surface area contributed by atoms with Crippen molar-refractivity contribution in [2.24, 2.45) is 0 Å². The molecule has 1 unspecified atom stereocenters. The van der Waals surface area contributed by atoms with E-state index in [0.29, 0.717) is 11.4 Å². The summed E-state index contributed by atoms with van der Waals surface area (Å²) in [7, 11) is 0. The first-order chi connectivity index (χ1) is 8.06. The Bertz CT molecular complexity index is 520. The molecule has 0 radical (unpaired) electrons. The van der Waals surface area contributed by atoms with Crippen LogP contribution >= 0.6 is 27.5 Å². The fraction of sp³-hybridized carbons (Fsp3) is 0.231. The van der Waals surface area contributed by atoms with Crippen LogP contribution in [0.2, 0.25) is 5.02 Å². The van der Waals surface area contributed by atoms with Gasteiger partial charge in [0.15, 0.2) is 0 Å². The van der Waals surface area contributed by atoms with Crippen molar-refractivity contribution in [3.05, 3.63) is 45.6 Å². The third-order valence-electron chi connectivity index (χ3n) is 2.35. The fourth-order valence-electron chi connectivity index (χ4n) is 1.61. The molecule has 0 aliphatic carbocycles. The Morgan fingerprint density at radius 3 is 2.82 bits per heavy atom. The highest BCUT2D eigenvalue weighted by molar-refractivity contribution is 9.10. The molecule has 0 aliphatic heterocycles. The van der Waals surface area contributed by atoms with Gasteiger partial charge in [0.25, 0.3) is 0 Å². The molecule has 2 nitrogen and oxygen atoms in total. The zero-order valence-electron chi connectivity index (χ0n) is 9.28. The van der Waals surface area contributed by atoms with Crippen molar-refractivity contribution in [2.45, 2.75) is 19.4 Å². The summed E-state index contributed by atoms with van der Waals surface area (Å²) >= 11 is 9.41. The average molecular weight is 316 g/mol. The summed E-state index contributed by atoms with van der Waals surface area (Å²) < 4.78 is 6.60. The van der Waals surface area contributed by atoms with Gasteiger partial charge in [0, 0.05) is 21.5 Å². The molecule has 2 rings (SSSR count). The molecule has 0 bridgehead atoms. The van der Waals surface area contributed by atoms with Crippen LogP contribution in [0.15, 0.2) is 39.2 Å². The number of furan rings is 1. The largest absolute Gasteiger partial charge is 0.461 e. The van der Waals surface area contributed by atoms with E-state index in [1.165, 1.54) is 0 Å². The maximum Gasteiger partial charge on any atom is 0.135 e. The van der Waals surface area contributed by atoms with Crippen LogP contribution in [-0.2, 0) is 6.42 Å². The van der Waals surface area contributed by atoms with Gasteiger partial charge in [0.1, 0.15) is 11.5 Å². The van der Waals surface area contributed by atoms with Crippen molar-refractivity contribution in [2.75, 3.05) is 0 Å². The molecule has 1 aromatic carbocycles. The maximum atomic E-state index is 9.29. The van der Waals surface area contributed by atoms with E-state index in [-0.39, 0.29) is 0 Å². The van der Waals surface area contributed by atoms with Gasteiger partial charge >= 0.3 is 0 Å². The number of rotatable bonds is 3. The van der Waals surface area contributed by atoms with Crippen molar-refractivity contribution >= 4 is 27.5 Å². The van der Waals surface area contributed by atoms with Crippen LogP contribution in [0.1, 0.15) is 12.7 Å². The van der Waals surface area contributed by atoms with Gasteiger partial charge in [0.2, 0.25) is 0 Å². The smallest absolute Gasteiger partial charge is 0.135 e. The van der Waals surface area contributed by atoms with Crippen molar-refractivity contribution in [3.8, 4) is 11.3 Å². The third kappa shape index (κ3) is 3.12. The molecule has 1 aromatic heterocycles. The molecular weight excluding hydrogens is 303 g/mol. The normalized spacial score (nSPS) is 12.7. The van der Waals surface area contributed by atoms with Gasteiger partial charge in [-0.1, -0.05) is 27.5 Å². The molecule has 1 atom stereocenters. The highest BCUT2D eigenvalue weighted by Gasteiger charge is 2.10. The molecular formula is C13H12BrClO2. The summed E-state index contributed by atoms with van der Waals surface area (Å²) in [6.45, 7) is 1.73. The van der Waals surface area contributed by atoms with E-state index >= 15 is 0 Å². The molecule has 0 saturated carbocycles. The molecule has 0 fully saturated rings. The molecule has 1 heterocycles. The van der Waals surface area contributed by atoms with Gasteiger partial charge in [0.05, 0.1) is 6.10 Å². The van der Waals surface area contributed by atoms with Crippen molar-refractivity contribution < 1.29 is 9.52 Å². The summed E-state index contributed by atoms with van der Waals surface area (Å²) in [6, 6.07) is 9.30. The lowest BCUT2D eigenvalue weighted by Gasteiger charge is -2.03. The fourth-order valence-corrected chi connectivity index (χ4v) is 2.22. The van der Waals surface area contributed by atoms with Gasteiger partial charge in [-0.25, -0.2) is 0 Å². The number of hydrogen-bond donors (Lipinski definition) is 1. The quantitative estimate of drug-likeness (QED) is 0.917. The van der Waals surface area contributed by atoms with Gasteiger partial charge in [-0.2, -0.15) is 0 Å². The minimum Gasteiger partial charge on any atom is -0.461 e. The zero-order chi connectivity index (χ0) is 12.4. The van der Waals surface area contributed by atoms with Crippen LogP contribution in [0.25, 0.3) is 11.3 Å². The second-order valence-electron chi connectivity index (χ2n) is 3.94. The van der Waals surface area contributed by atoms with E-state index < -0.39 is 6.10 Å². The molecule has 0 spiro atoms. The topological polar surface area (TPSA) is 33.4 Å².